The van der Waals surface area contributed by atoms with Crippen molar-refractivity contribution in [1.82, 2.24) is 15.1 Å². The number of Topliss-reactive ketones (excluding diaryl/α,β-unsaturated/α-hetero) is 1. The van der Waals surface area contributed by atoms with Gasteiger partial charge in [-0.3, -0.25) is 14.3 Å². The van der Waals surface area contributed by atoms with E-state index in [2.05, 4.69) is 10.4 Å². The number of ether oxygens (including phenoxy) is 1. The van der Waals surface area contributed by atoms with Crippen molar-refractivity contribution in [1.29, 1.82) is 0 Å². The molecule has 2 aromatic carbocycles. The number of amides is 1. The molecule has 1 N–H and O–H groups in total. The number of halogens is 1. The third-order valence-corrected chi connectivity index (χ3v) is 6.14. The molecule has 6 nitrogen and oxygen atoms in total. The summed E-state index contributed by atoms with van der Waals surface area (Å²) in [7, 11) is 0. The monoisotopic (exact) mass is 419 g/mol. The van der Waals surface area contributed by atoms with Crippen molar-refractivity contribution in [3.05, 3.63) is 82.9 Å². The number of rotatable bonds is 4. The molecule has 1 atom stereocenters. The molecule has 0 saturated heterocycles. The van der Waals surface area contributed by atoms with Gasteiger partial charge in [0.25, 0.3) is 5.91 Å². The number of hydrogen-bond donors (Lipinski definition) is 1. The van der Waals surface area contributed by atoms with Gasteiger partial charge in [-0.1, -0.05) is 48.5 Å². The van der Waals surface area contributed by atoms with E-state index in [4.69, 9.17) is 4.74 Å². The number of nitrogens with one attached hydrogen (secondary N) is 1. The lowest BCUT2D eigenvalue weighted by Crippen LogP contribution is -2.45. The predicted octanol–water partition coefficient (Wildman–Crippen LogP) is 3.17. The van der Waals surface area contributed by atoms with Gasteiger partial charge in [0.1, 0.15) is 18.4 Å². The van der Waals surface area contributed by atoms with E-state index in [1.165, 1.54) is 0 Å². The van der Waals surface area contributed by atoms with E-state index in [-0.39, 0.29) is 24.5 Å². The maximum absolute atomic E-state index is 15.0. The smallest absolute Gasteiger partial charge is 0.275 e. The number of ketones is 1. The first-order valence-corrected chi connectivity index (χ1v) is 10.3. The molecule has 1 fully saturated rings. The molecule has 2 heterocycles. The zero-order valence-corrected chi connectivity index (χ0v) is 17.1. The highest BCUT2D eigenvalue weighted by atomic mass is 19.1. The number of carbonyl (C=O) groups is 2. The largest absolute Gasteiger partial charge is 0.491 e. The minimum Gasteiger partial charge on any atom is -0.491 e. The zero-order chi connectivity index (χ0) is 21.6. The number of fused-ring (bicyclic) bond motifs is 1. The summed E-state index contributed by atoms with van der Waals surface area (Å²) in [5.74, 6) is -0.934. The number of nitrogens with zero attached hydrogens (tertiary/aromatic N) is 2. The van der Waals surface area contributed by atoms with E-state index in [1.807, 2.05) is 48.5 Å². The maximum atomic E-state index is 15.0. The third-order valence-electron chi connectivity index (χ3n) is 6.14. The third kappa shape index (κ3) is 3.30. The van der Waals surface area contributed by atoms with Gasteiger partial charge in [0.05, 0.1) is 11.2 Å². The Kier molecular flexibility index (Phi) is 4.61. The van der Waals surface area contributed by atoms with Crippen molar-refractivity contribution < 1.29 is 18.7 Å². The van der Waals surface area contributed by atoms with E-state index in [1.54, 1.807) is 17.7 Å². The Morgan fingerprint density at radius 2 is 1.87 bits per heavy atom. The fourth-order valence-corrected chi connectivity index (χ4v) is 4.25. The van der Waals surface area contributed by atoms with Crippen LogP contribution in [0.1, 0.15) is 40.2 Å². The SMILES string of the molecule is Cc1c(F)c(C(=O)N[C@H]2COc3ccccc3CC2=O)nn1C1(c2ccccc2)CC1. The van der Waals surface area contributed by atoms with Gasteiger partial charge in [0, 0.05) is 12.0 Å². The molecule has 5 rings (SSSR count). The molecule has 1 aliphatic heterocycles. The summed E-state index contributed by atoms with van der Waals surface area (Å²) in [6, 6.07) is 16.2. The Hall–Kier alpha value is -3.48. The summed E-state index contributed by atoms with van der Waals surface area (Å²) in [5, 5.41) is 6.97. The highest BCUT2D eigenvalue weighted by molar-refractivity contribution is 5.97. The number of hydrogen-bond acceptors (Lipinski definition) is 4. The van der Waals surface area contributed by atoms with Crippen LogP contribution in [0.4, 0.5) is 4.39 Å². The van der Waals surface area contributed by atoms with Gasteiger partial charge in [0.2, 0.25) is 0 Å². The Labute approximate surface area is 179 Å². The fraction of sp³-hybridized carbons (Fsp3) is 0.292. The van der Waals surface area contributed by atoms with Gasteiger partial charge in [-0.25, -0.2) is 4.39 Å². The molecule has 2 aliphatic rings. The van der Waals surface area contributed by atoms with Gasteiger partial charge < -0.3 is 10.1 Å². The Morgan fingerprint density at radius 3 is 2.61 bits per heavy atom. The van der Waals surface area contributed by atoms with E-state index < -0.39 is 23.3 Å². The Morgan fingerprint density at radius 1 is 1.16 bits per heavy atom. The molecule has 158 valence electrons. The standard InChI is InChI=1S/C24H22FN3O3/c1-15-21(25)22(27-28(15)24(11-12-24)17-8-3-2-4-9-17)23(30)26-18-14-31-20-10-6-5-7-16(20)13-19(18)29/h2-10,18H,11-14H2,1H3,(H,26,30)/t18-/m0/s1. The van der Waals surface area contributed by atoms with Crippen LogP contribution in [-0.2, 0) is 16.8 Å². The number of benzene rings is 2. The first-order valence-electron chi connectivity index (χ1n) is 10.3. The van der Waals surface area contributed by atoms with Crippen LogP contribution in [0.25, 0.3) is 0 Å². The first kappa shape index (κ1) is 19.5. The zero-order valence-electron chi connectivity index (χ0n) is 17.1. The van der Waals surface area contributed by atoms with Crippen molar-refractivity contribution in [3.63, 3.8) is 0 Å². The van der Waals surface area contributed by atoms with Crippen LogP contribution in [0.2, 0.25) is 0 Å². The Balaban J connectivity index is 1.39. The molecule has 1 amide bonds. The van der Waals surface area contributed by atoms with Gasteiger partial charge in [-0.2, -0.15) is 5.10 Å². The van der Waals surface area contributed by atoms with Gasteiger partial charge >= 0.3 is 0 Å². The van der Waals surface area contributed by atoms with Crippen molar-refractivity contribution in [3.8, 4) is 5.75 Å². The fourth-order valence-electron chi connectivity index (χ4n) is 4.25. The van der Waals surface area contributed by atoms with E-state index in [9.17, 15) is 9.59 Å². The molecular weight excluding hydrogens is 397 g/mol. The van der Waals surface area contributed by atoms with Crippen LogP contribution in [0.5, 0.6) is 5.75 Å². The number of para-hydroxylation sites is 1. The minimum absolute atomic E-state index is 0.00313. The van der Waals surface area contributed by atoms with Gasteiger partial charge in [-0.15, -0.1) is 0 Å². The quantitative estimate of drug-likeness (QED) is 0.705. The van der Waals surface area contributed by atoms with Gasteiger partial charge in [-0.05, 0) is 31.4 Å². The van der Waals surface area contributed by atoms with Gasteiger partial charge in [0.15, 0.2) is 17.3 Å². The lowest BCUT2D eigenvalue weighted by Gasteiger charge is -2.18. The molecule has 3 aromatic rings. The van der Waals surface area contributed by atoms with Crippen molar-refractivity contribution in [2.45, 2.75) is 37.8 Å². The highest BCUT2D eigenvalue weighted by Gasteiger charge is 2.49. The average Bonchev–Trinajstić information content (AvgIpc) is 3.55. The van der Waals surface area contributed by atoms with Crippen molar-refractivity contribution >= 4 is 11.7 Å². The summed E-state index contributed by atoms with van der Waals surface area (Å²) in [5.41, 5.74) is 1.40. The van der Waals surface area contributed by atoms with E-state index in [0.29, 0.717) is 11.4 Å². The molecule has 0 radical (unpaired) electrons. The lowest BCUT2D eigenvalue weighted by atomic mass is 10.0. The van der Waals surface area contributed by atoms with Crippen LogP contribution < -0.4 is 10.1 Å². The summed E-state index contributed by atoms with van der Waals surface area (Å²) in [4.78, 5) is 25.5. The molecule has 1 saturated carbocycles. The van der Waals surface area contributed by atoms with Crippen LogP contribution in [0, 0.1) is 12.7 Å². The summed E-state index contributed by atoms with van der Waals surface area (Å²) < 4.78 is 22.3. The highest BCUT2D eigenvalue weighted by Crippen LogP contribution is 2.49. The second-order valence-electron chi connectivity index (χ2n) is 8.15. The summed E-state index contributed by atoms with van der Waals surface area (Å²) in [6.07, 6.45) is 1.80. The topological polar surface area (TPSA) is 73.2 Å². The summed E-state index contributed by atoms with van der Waals surface area (Å²) >= 11 is 0. The van der Waals surface area contributed by atoms with Crippen LogP contribution >= 0.6 is 0 Å². The van der Waals surface area contributed by atoms with Crippen LogP contribution in [0.3, 0.4) is 0 Å². The average molecular weight is 419 g/mol. The van der Waals surface area contributed by atoms with Crippen molar-refractivity contribution in [2.75, 3.05) is 6.61 Å². The maximum Gasteiger partial charge on any atom is 0.275 e. The molecular formula is C24H22FN3O3. The second-order valence-corrected chi connectivity index (χ2v) is 8.15. The van der Waals surface area contributed by atoms with Crippen LogP contribution in [-0.4, -0.2) is 34.1 Å². The minimum atomic E-state index is -0.867. The molecule has 1 aromatic heterocycles. The first-order chi connectivity index (χ1) is 15.0. The normalized spacial score (nSPS) is 19.2. The molecule has 0 bridgehead atoms. The number of carbonyl (C=O) groups excluding carboxylic acids is 2. The molecule has 0 unspecified atom stereocenters. The molecule has 7 heteroatoms. The molecule has 1 aliphatic carbocycles. The number of aromatic nitrogens is 2. The lowest BCUT2D eigenvalue weighted by molar-refractivity contribution is -0.120. The van der Waals surface area contributed by atoms with E-state index >= 15 is 4.39 Å². The second kappa shape index (κ2) is 7.34. The van der Waals surface area contributed by atoms with E-state index in [0.717, 1.165) is 24.0 Å². The molecule has 0 spiro atoms. The molecule has 31 heavy (non-hydrogen) atoms. The van der Waals surface area contributed by atoms with Crippen LogP contribution in [0.15, 0.2) is 54.6 Å². The Bertz CT molecular complexity index is 1170. The van der Waals surface area contributed by atoms with Crippen molar-refractivity contribution in [2.24, 2.45) is 0 Å². The summed E-state index contributed by atoms with van der Waals surface area (Å²) in [6.45, 7) is 1.62. The predicted molar refractivity (Wildman–Crippen MR) is 112 cm³/mol.